The zero-order chi connectivity index (χ0) is 23.8. The first-order valence-corrected chi connectivity index (χ1v) is 10.8. The largest absolute Gasteiger partial charge is 0.497 e. The molecule has 1 heterocycles. The van der Waals surface area contributed by atoms with E-state index in [9.17, 15) is 9.59 Å². The van der Waals surface area contributed by atoms with Gasteiger partial charge in [-0.1, -0.05) is 6.07 Å². The van der Waals surface area contributed by atoms with Crippen molar-refractivity contribution in [2.75, 3.05) is 54.1 Å². The molecule has 2 amide bonds. The summed E-state index contributed by atoms with van der Waals surface area (Å²) in [6, 6.07) is 10.6. The molecule has 1 aliphatic rings. The Morgan fingerprint density at radius 2 is 1.55 bits per heavy atom. The predicted molar refractivity (Wildman–Crippen MR) is 125 cm³/mol. The number of carbonyl (C=O) groups is 2. The van der Waals surface area contributed by atoms with Crippen molar-refractivity contribution in [3.05, 3.63) is 53.6 Å². The molecule has 8 nitrogen and oxygen atoms in total. The molecule has 0 aliphatic carbocycles. The molecule has 1 aliphatic heterocycles. The molecular weight excluding hydrogens is 424 g/mol. The highest BCUT2D eigenvalue weighted by atomic mass is 16.5. The standard InChI is InChI=1S/C25H30N2O6/c1-5-33-23-16-18(6-10-21(23)31-3)7-11-24(28)26-12-14-27(15-13-26)25(29)20-9-8-19(30-2)17-22(20)32-4/h6-11,16-17H,5,12-15H2,1-4H3. The zero-order valence-electron chi connectivity index (χ0n) is 19.5. The Hall–Kier alpha value is -3.68. The predicted octanol–water partition coefficient (Wildman–Crippen LogP) is 3.11. The Labute approximate surface area is 194 Å². The van der Waals surface area contributed by atoms with Crippen LogP contribution >= 0.6 is 0 Å². The maximum Gasteiger partial charge on any atom is 0.257 e. The smallest absolute Gasteiger partial charge is 0.257 e. The van der Waals surface area contributed by atoms with Crippen LogP contribution in [0.3, 0.4) is 0 Å². The van der Waals surface area contributed by atoms with Crippen LogP contribution in [-0.2, 0) is 4.79 Å². The third kappa shape index (κ3) is 5.77. The van der Waals surface area contributed by atoms with Gasteiger partial charge in [0.2, 0.25) is 5.91 Å². The zero-order valence-corrected chi connectivity index (χ0v) is 19.5. The lowest BCUT2D eigenvalue weighted by atomic mass is 10.1. The lowest BCUT2D eigenvalue weighted by Gasteiger charge is -2.34. The van der Waals surface area contributed by atoms with Gasteiger partial charge in [-0.3, -0.25) is 9.59 Å². The van der Waals surface area contributed by atoms with Gasteiger partial charge in [0.15, 0.2) is 11.5 Å². The Morgan fingerprint density at radius 3 is 2.18 bits per heavy atom. The normalized spacial score (nSPS) is 13.7. The fourth-order valence-electron chi connectivity index (χ4n) is 3.61. The van der Waals surface area contributed by atoms with E-state index in [-0.39, 0.29) is 11.8 Å². The summed E-state index contributed by atoms with van der Waals surface area (Å²) < 4.78 is 21.4. The summed E-state index contributed by atoms with van der Waals surface area (Å²) in [6.45, 7) is 4.24. The van der Waals surface area contributed by atoms with Crippen molar-refractivity contribution in [1.29, 1.82) is 0 Å². The van der Waals surface area contributed by atoms with Crippen molar-refractivity contribution in [3.8, 4) is 23.0 Å². The number of piperazine rings is 1. The van der Waals surface area contributed by atoms with Crippen LogP contribution in [0.1, 0.15) is 22.8 Å². The minimum atomic E-state index is -0.126. The lowest BCUT2D eigenvalue weighted by molar-refractivity contribution is -0.127. The van der Waals surface area contributed by atoms with E-state index >= 15 is 0 Å². The van der Waals surface area contributed by atoms with Crippen molar-refractivity contribution >= 4 is 17.9 Å². The second kappa shape index (κ2) is 11.3. The molecule has 0 bridgehead atoms. The second-order valence-corrected chi connectivity index (χ2v) is 7.36. The average molecular weight is 455 g/mol. The highest BCUT2D eigenvalue weighted by molar-refractivity contribution is 5.97. The molecule has 0 aromatic heterocycles. The van der Waals surface area contributed by atoms with Crippen molar-refractivity contribution in [3.63, 3.8) is 0 Å². The summed E-state index contributed by atoms with van der Waals surface area (Å²) in [5.41, 5.74) is 1.32. The van der Waals surface area contributed by atoms with Gasteiger partial charge in [-0.25, -0.2) is 0 Å². The molecule has 0 spiro atoms. The topological polar surface area (TPSA) is 77.5 Å². The molecule has 2 aromatic rings. The first kappa shape index (κ1) is 24.0. The third-order valence-electron chi connectivity index (χ3n) is 5.42. The molecule has 2 aromatic carbocycles. The van der Waals surface area contributed by atoms with Gasteiger partial charge in [0, 0.05) is 38.3 Å². The van der Waals surface area contributed by atoms with Gasteiger partial charge >= 0.3 is 0 Å². The molecule has 0 atom stereocenters. The Morgan fingerprint density at radius 1 is 0.848 bits per heavy atom. The van der Waals surface area contributed by atoms with Gasteiger partial charge in [0.05, 0.1) is 33.5 Å². The quantitative estimate of drug-likeness (QED) is 0.571. The van der Waals surface area contributed by atoms with Crippen LogP contribution in [-0.4, -0.2) is 75.7 Å². The fourth-order valence-corrected chi connectivity index (χ4v) is 3.61. The monoisotopic (exact) mass is 454 g/mol. The minimum Gasteiger partial charge on any atom is -0.497 e. The summed E-state index contributed by atoms with van der Waals surface area (Å²) in [6.07, 6.45) is 3.30. The van der Waals surface area contributed by atoms with Crippen LogP contribution in [0.5, 0.6) is 23.0 Å². The summed E-state index contributed by atoms with van der Waals surface area (Å²) >= 11 is 0. The number of amides is 2. The highest BCUT2D eigenvalue weighted by Gasteiger charge is 2.26. The summed E-state index contributed by atoms with van der Waals surface area (Å²) in [4.78, 5) is 29.1. The molecule has 176 valence electrons. The number of ether oxygens (including phenoxy) is 4. The number of nitrogens with zero attached hydrogens (tertiary/aromatic N) is 2. The molecular formula is C25H30N2O6. The molecule has 0 saturated carbocycles. The van der Waals surface area contributed by atoms with E-state index in [4.69, 9.17) is 18.9 Å². The van der Waals surface area contributed by atoms with Gasteiger partial charge in [0.1, 0.15) is 11.5 Å². The van der Waals surface area contributed by atoms with Crippen molar-refractivity contribution in [2.45, 2.75) is 6.92 Å². The second-order valence-electron chi connectivity index (χ2n) is 7.36. The summed E-state index contributed by atoms with van der Waals surface area (Å²) in [5, 5.41) is 0. The fraction of sp³-hybridized carbons (Fsp3) is 0.360. The first-order chi connectivity index (χ1) is 16.0. The first-order valence-electron chi connectivity index (χ1n) is 10.8. The van der Waals surface area contributed by atoms with Crippen molar-refractivity contribution in [2.24, 2.45) is 0 Å². The lowest BCUT2D eigenvalue weighted by Crippen LogP contribution is -2.50. The van der Waals surface area contributed by atoms with Crippen LogP contribution in [0.25, 0.3) is 6.08 Å². The molecule has 0 radical (unpaired) electrons. The van der Waals surface area contributed by atoms with Gasteiger partial charge < -0.3 is 28.7 Å². The number of hydrogen-bond donors (Lipinski definition) is 0. The van der Waals surface area contributed by atoms with Crippen LogP contribution in [0, 0.1) is 0 Å². The van der Waals surface area contributed by atoms with Gasteiger partial charge in [0.25, 0.3) is 5.91 Å². The van der Waals surface area contributed by atoms with Crippen molar-refractivity contribution < 1.29 is 28.5 Å². The maximum atomic E-state index is 13.0. The molecule has 1 fully saturated rings. The Kier molecular flexibility index (Phi) is 8.18. The van der Waals surface area contributed by atoms with Gasteiger partial charge in [-0.15, -0.1) is 0 Å². The Bertz CT molecular complexity index is 1010. The average Bonchev–Trinajstić information content (AvgIpc) is 2.86. The number of methoxy groups -OCH3 is 3. The van der Waals surface area contributed by atoms with Gasteiger partial charge in [-0.2, -0.15) is 0 Å². The maximum absolute atomic E-state index is 13.0. The summed E-state index contributed by atoms with van der Waals surface area (Å²) in [7, 11) is 4.67. The molecule has 0 unspecified atom stereocenters. The van der Waals surface area contributed by atoms with Crippen LogP contribution in [0.2, 0.25) is 0 Å². The SMILES string of the molecule is CCOc1cc(C=CC(=O)N2CCN(C(=O)c3ccc(OC)cc3OC)CC2)ccc1OC. The van der Waals surface area contributed by atoms with E-state index in [1.54, 1.807) is 54.4 Å². The van der Waals surface area contributed by atoms with Gasteiger partial charge in [-0.05, 0) is 42.8 Å². The van der Waals surface area contributed by atoms with E-state index < -0.39 is 0 Å². The number of benzene rings is 2. The van der Waals surface area contributed by atoms with Crippen LogP contribution < -0.4 is 18.9 Å². The number of rotatable bonds is 8. The van der Waals surface area contributed by atoms with E-state index in [1.165, 1.54) is 7.11 Å². The molecule has 33 heavy (non-hydrogen) atoms. The van der Waals surface area contributed by atoms with E-state index in [0.717, 1.165) is 5.56 Å². The minimum absolute atomic E-state index is 0.0992. The van der Waals surface area contributed by atoms with E-state index in [1.807, 2.05) is 25.1 Å². The number of carbonyl (C=O) groups excluding carboxylic acids is 2. The molecule has 3 rings (SSSR count). The van der Waals surface area contributed by atoms with Crippen LogP contribution in [0.4, 0.5) is 0 Å². The third-order valence-corrected chi connectivity index (χ3v) is 5.42. The van der Waals surface area contributed by atoms with E-state index in [2.05, 4.69) is 0 Å². The number of hydrogen-bond acceptors (Lipinski definition) is 6. The van der Waals surface area contributed by atoms with Crippen molar-refractivity contribution in [1.82, 2.24) is 9.80 Å². The summed E-state index contributed by atoms with van der Waals surface area (Å²) in [5.74, 6) is 2.14. The molecule has 0 N–H and O–H groups in total. The highest BCUT2D eigenvalue weighted by Crippen LogP contribution is 2.29. The van der Waals surface area contributed by atoms with Crippen LogP contribution in [0.15, 0.2) is 42.5 Å². The molecule has 8 heteroatoms. The Balaban J connectivity index is 1.60. The van der Waals surface area contributed by atoms with E-state index in [0.29, 0.717) is 61.3 Å². The molecule has 1 saturated heterocycles.